The molecule has 152 valence electrons. The number of para-hydroxylation sites is 1. The molecule has 6 heteroatoms. The third-order valence-corrected chi connectivity index (χ3v) is 5.84. The summed E-state index contributed by atoms with van der Waals surface area (Å²) in [6.07, 6.45) is 2.02. The van der Waals surface area contributed by atoms with Crippen LogP contribution < -0.4 is 15.4 Å². The Morgan fingerprint density at radius 3 is 2.62 bits per heavy atom. The van der Waals surface area contributed by atoms with Gasteiger partial charge in [0, 0.05) is 25.2 Å². The molecular weight excluding hydrogens is 366 g/mol. The lowest BCUT2D eigenvalue weighted by Gasteiger charge is -2.35. The van der Waals surface area contributed by atoms with E-state index >= 15 is 0 Å². The zero-order valence-electron chi connectivity index (χ0n) is 16.7. The number of nitrogens with one attached hydrogen (secondary N) is 2. The normalized spacial score (nSPS) is 20.6. The monoisotopic (exact) mass is 393 g/mol. The average molecular weight is 393 g/mol. The minimum absolute atomic E-state index is 0.0848. The summed E-state index contributed by atoms with van der Waals surface area (Å²) < 4.78 is 5.45. The van der Waals surface area contributed by atoms with Crippen LogP contribution in [0.1, 0.15) is 30.4 Å². The van der Waals surface area contributed by atoms with Crippen molar-refractivity contribution in [3.63, 3.8) is 0 Å². The molecule has 2 N–H and O–H groups in total. The Labute approximate surface area is 171 Å². The third kappa shape index (κ3) is 4.27. The molecule has 0 radical (unpaired) electrons. The molecular formula is C23H27N3O3. The van der Waals surface area contributed by atoms with E-state index in [0.717, 1.165) is 29.7 Å². The van der Waals surface area contributed by atoms with Crippen LogP contribution in [0, 0.1) is 0 Å². The van der Waals surface area contributed by atoms with Crippen LogP contribution in [0.5, 0.6) is 5.75 Å². The van der Waals surface area contributed by atoms with Gasteiger partial charge in [-0.1, -0.05) is 48.5 Å². The van der Waals surface area contributed by atoms with Gasteiger partial charge in [0.2, 0.25) is 11.8 Å². The minimum Gasteiger partial charge on any atom is -0.496 e. The number of benzene rings is 2. The molecule has 0 spiro atoms. The van der Waals surface area contributed by atoms with Crippen LogP contribution in [-0.2, 0) is 21.7 Å². The predicted molar refractivity (Wildman–Crippen MR) is 110 cm³/mol. The van der Waals surface area contributed by atoms with E-state index in [9.17, 15) is 9.59 Å². The first-order chi connectivity index (χ1) is 14.1. The molecule has 29 heavy (non-hydrogen) atoms. The van der Waals surface area contributed by atoms with Crippen molar-refractivity contribution in [1.29, 1.82) is 0 Å². The van der Waals surface area contributed by atoms with E-state index in [4.69, 9.17) is 4.74 Å². The minimum atomic E-state index is -0.486. The summed E-state index contributed by atoms with van der Waals surface area (Å²) >= 11 is 0. The maximum absolute atomic E-state index is 12.9. The number of amides is 2. The highest BCUT2D eigenvalue weighted by Gasteiger charge is 2.46. The number of carbonyl (C=O) groups excluding carboxylic acids is 2. The molecule has 1 saturated heterocycles. The summed E-state index contributed by atoms with van der Waals surface area (Å²) in [4.78, 5) is 27.5. The van der Waals surface area contributed by atoms with Gasteiger partial charge < -0.3 is 15.4 Å². The molecule has 6 nitrogen and oxygen atoms in total. The summed E-state index contributed by atoms with van der Waals surface area (Å²) in [5.74, 6) is 0.618. The van der Waals surface area contributed by atoms with Crippen molar-refractivity contribution in [3.05, 3.63) is 65.7 Å². The predicted octanol–water partition coefficient (Wildman–Crippen LogP) is 2.19. The Bertz CT molecular complexity index is 880. The lowest BCUT2D eigenvalue weighted by atomic mass is 10.0. The molecule has 2 fully saturated rings. The molecule has 2 aliphatic rings. The van der Waals surface area contributed by atoms with Gasteiger partial charge in [0.05, 0.1) is 25.1 Å². The molecule has 4 rings (SSSR count). The molecule has 1 aliphatic heterocycles. The first-order valence-electron chi connectivity index (χ1n) is 10.1. The molecule has 1 atom stereocenters. The van der Waals surface area contributed by atoms with E-state index in [1.54, 1.807) is 7.11 Å². The van der Waals surface area contributed by atoms with Crippen molar-refractivity contribution in [3.8, 4) is 5.75 Å². The SMILES string of the molecule is COc1ccccc1CN1CCNC(=O)C1CC(=O)NC1(c2ccccc2)CC1. The summed E-state index contributed by atoms with van der Waals surface area (Å²) in [6.45, 7) is 1.85. The van der Waals surface area contributed by atoms with E-state index in [2.05, 4.69) is 27.7 Å². The molecule has 2 amide bonds. The molecule has 0 bridgehead atoms. The van der Waals surface area contributed by atoms with Gasteiger partial charge in [0.15, 0.2) is 0 Å². The highest BCUT2D eigenvalue weighted by atomic mass is 16.5. The second-order valence-corrected chi connectivity index (χ2v) is 7.79. The number of hydrogen-bond donors (Lipinski definition) is 2. The van der Waals surface area contributed by atoms with E-state index in [0.29, 0.717) is 19.6 Å². The van der Waals surface area contributed by atoms with Crippen LogP contribution >= 0.6 is 0 Å². The van der Waals surface area contributed by atoms with Crippen molar-refractivity contribution in [1.82, 2.24) is 15.5 Å². The number of ether oxygens (including phenoxy) is 1. The van der Waals surface area contributed by atoms with Crippen molar-refractivity contribution in [2.45, 2.75) is 37.4 Å². The maximum Gasteiger partial charge on any atom is 0.237 e. The molecule has 1 heterocycles. The molecule has 2 aromatic carbocycles. The Hall–Kier alpha value is -2.86. The van der Waals surface area contributed by atoms with E-state index < -0.39 is 6.04 Å². The lowest BCUT2D eigenvalue weighted by Crippen LogP contribution is -2.56. The average Bonchev–Trinajstić information content (AvgIpc) is 3.52. The van der Waals surface area contributed by atoms with Crippen LogP contribution in [0.3, 0.4) is 0 Å². The van der Waals surface area contributed by atoms with Crippen molar-refractivity contribution in [2.75, 3.05) is 20.2 Å². The third-order valence-electron chi connectivity index (χ3n) is 5.84. The smallest absolute Gasteiger partial charge is 0.237 e. The van der Waals surface area contributed by atoms with Gasteiger partial charge in [0.25, 0.3) is 0 Å². The Morgan fingerprint density at radius 1 is 1.17 bits per heavy atom. The number of hydrogen-bond acceptors (Lipinski definition) is 4. The molecule has 2 aromatic rings. The summed E-state index contributed by atoms with van der Waals surface area (Å²) in [5, 5.41) is 6.09. The zero-order valence-corrected chi connectivity index (χ0v) is 16.7. The lowest BCUT2D eigenvalue weighted by molar-refractivity contribution is -0.134. The van der Waals surface area contributed by atoms with Gasteiger partial charge in [-0.05, 0) is 24.5 Å². The first kappa shape index (κ1) is 19.5. The van der Waals surface area contributed by atoms with Gasteiger partial charge >= 0.3 is 0 Å². The van der Waals surface area contributed by atoms with Crippen LogP contribution in [-0.4, -0.2) is 43.0 Å². The highest BCUT2D eigenvalue weighted by Crippen LogP contribution is 2.45. The van der Waals surface area contributed by atoms with Gasteiger partial charge in [-0.25, -0.2) is 0 Å². The number of nitrogens with zero attached hydrogens (tertiary/aromatic N) is 1. The van der Waals surface area contributed by atoms with E-state index in [1.165, 1.54) is 0 Å². The van der Waals surface area contributed by atoms with Crippen LogP contribution in [0.15, 0.2) is 54.6 Å². The maximum atomic E-state index is 12.9. The summed E-state index contributed by atoms with van der Waals surface area (Å²) in [5.41, 5.74) is 1.88. The second kappa shape index (κ2) is 8.25. The quantitative estimate of drug-likeness (QED) is 0.757. The van der Waals surface area contributed by atoms with Crippen molar-refractivity contribution < 1.29 is 14.3 Å². The highest BCUT2D eigenvalue weighted by molar-refractivity contribution is 5.89. The van der Waals surface area contributed by atoms with Crippen LogP contribution in [0.4, 0.5) is 0 Å². The van der Waals surface area contributed by atoms with E-state index in [-0.39, 0.29) is 23.8 Å². The Balaban J connectivity index is 1.45. The topological polar surface area (TPSA) is 70.7 Å². The number of methoxy groups -OCH3 is 1. The Morgan fingerprint density at radius 2 is 1.90 bits per heavy atom. The van der Waals surface area contributed by atoms with Crippen LogP contribution in [0.25, 0.3) is 0 Å². The standard InChI is InChI=1S/C23H27N3O3/c1-29-20-10-6-5-7-17(20)16-26-14-13-24-22(28)19(26)15-21(27)25-23(11-12-23)18-8-3-2-4-9-18/h2-10,19H,11-16H2,1H3,(H,24,28)(H,25,27). The molecule has 1 unspecified atom stereocenters. The molecule has 1 saturated carbocycles. The fourth-order valence-corrected chi connectivity index (χ4v) is 4.09. The Kier molecular flexibility index (Phi) is 5.53. The van der Waals surface area contributed by atoms with Gasteiger partial charge in [-0.15, -0.1) is 0 Å². The van der Waals surface area contributed by atoms with Gasteiger partial charge in [0.1, 0.15) is 5.75 Å². The fraction of sp³-hybridized carbons (Fsp3) is 0.391. The van der Waals surface area contributed by atoms with Crippen LogP contribution in [0.2, 0.25) is 0 Å². The van der Waals surface area contributed by atoms with Crippen molar-refractivity contribution >= 4 is 11.8 Å². The van der Waals surface area contributed by atoms with Gasteiger partial charge in [-0.2, -0.15) is 0 Å². The van der Waals surface area contributed by atoms with E-state index in [1.807, 2.05) is 42.5 Å². The van der Waals surface area contributed by atoms with Crippen molar-refractivity contribution in [2.24, 2.45) is 0 Å². The number of piperazine rings is 1. The number of carbonyl (C=O) groups is 2. The summed E-state index contributed by atoms with van der Waals surface area (Å²) in [7, 11) is 1.64. The molecule has 0 aromatic heterocycles. The largest absolute Gasteiger partial charge is 0.496 e. The fourth-order valence-electron chi connectivity index (χ4n) is 4.09. The zero-order chi connectivity index (χ0) is 20.3. The molecule has 1 aliphatic carbocycles. The first-order valence-corrected chi connectivity index (χ1v) is 10.1. The van der Waals surface area contributed by atoms with Gasteiger partial charge in [-0.3, -0.25) is 14.5 Å². The summed E-state index contributed by atoms with van der Waals surface area (Å²) in [6, 6.07) is 17.4. The second-order valence-electron chi connectivity index (χ2n) is 7.79. The number of rotatable bonds is 7.